The Morgan fingerprint density at radius 1 is 1.30 bits per heavy atom. The largest absolute Gasteiger partial charge is 0.309 e. The van der Waals surface area contributed by atoms with E-state index in [9.17, 15) is 0 Å². The molecule has 1 saturated carbocycles. The van der Waals surface area contributed by atoms with E-state index in [2.05, 4.69) is 69.2 Å². The first-order valence-electron chi connectivity index (χ1n) is 8.03. The summed E-state index contributed by atoms with van der Waals surface area (Å²) in [5.74, 6) is 1.85. The molecule has 0 spiro atoms. The first-order chi connectivity index (χ1) is 9.52. The van der Waals surface area contributed by atoms with Crippen LogP contribution in [0, 0.1) is 18.8 Å². The van der Waals surface area contributed by atoms with Gasteiger partial charge in [-0.05, 0) is 51.3 Å². The van der Waals surface area contributed by atoms with Crippen LogP contribution in [0.2, 0.25) is 0 Å². The van der Waals surface area contributed by atoms with Crippen LogP contribution in [0.4, 0.5) is 0 Å². The van der Waals surface area contributed by atoms with Gasteiger partial charge in [-0.2, -0.15) is 0 Å². The smallest absolute Gasteiger partial charge is 0.0475 e. The summed E-state index contributed by atoms with van der Waals surface area (Å²) in [6, 6.07) is 9.91. The first kappa shape index (κ1) is 15.5. The second kappa shape index (κ2) is 6.73. The van der Waals surface area contributed by atoms with Gasteiger partial charge in [-0.3, -0.25) is 0 Å². The number of aryl methyl sites for hydroxylation is 1. The highest BCUT2D eigenvalue weighted by Gasteiger charge is 2.35. The van der Waals surface area contributed by atoms with E-state index in [1.54, 1.807) is 0 Å². The maximum atomic E-state index is 3.66. The Kier molecular flexibility index (Phi) is 5.22. The summed E-state index contributed by atoms with van der Waals surface area (Å²) in [6.45, 7) is 11.3. The predicted molar refractivity (Wildman–Crippen MR) is 87.0 cm³/mol. The Morgan fingerprint density at radius 3 is 2.40 bits per heavy atom. The van der Waals surface area contributed by atoms with E-state index in [0.29, 0.717) is 12.1 Å². The van der Waals surface area contributed by atoms with Crippen molar-refractivity contribution >= 4 is 0 Å². The first-order valence-corrected chi connectivity index (χ1v) is 8.03. The molecule has 1 aliphatic rings. The third-order valence-electron chi connectivity index (χ3n) is 4.84. The van der Waals surface area contributed by atoms with Crippen LogP contribution >= 0.6 is 0 Å². The molecule has 0 amide bonds. The normalized spacial score (nSPS) is 24.7. The van der Waals surface area contributed by atoms with Crippen LogP contribution in [-0.4, -0.2) is 31.1 Å². The molecule has 112 valence electrons. The molecule has 2 nitrogen and oxygen atoms in total. The maximum Gasteiger partial charge on any atom is 0.0475 e. The Labute approximate surface area is 124 Å². The van der Waals surface area contributed by atoms with Crippen LogP contribution in [0.15, 0.2) is 24.3 Å². The highest BCUT2D eigenvalue weighted by molar-refractivity contribution is 5.25. The summed E-state index contributed by atoms with van der Waals surface area (Å²) in [6.07, 6.45) is 1.41. The number of nitrogens with zero attached hydrogens (tertiary/aromatic N) is 1. The van der Waals surface area contributed by atoms with E-state index >= 15 is 0 Å². The van der Waals surface area contributed by atoms with Crippen molar-refractivity contribution in [1.29, 1.82) is 0 Å². The number of likely N-dealkylation sites (N-methyl/N-ethyl adjacent to an activating group) is 2. The molecule has 4 unspecified atom stereocenters. The Bertz CT molecular complexity index is 412. The van der Waals surface area contributed by atoms with Gasteiger partial charge in [-0.15, -0.1) is 0 Å². The van der Waals surface area contributed by atoms with Crippen molar-refractivity contribution in [3.63, 3.8) is 0 Å². The fourth-order valence-electron chi connectivity index (χ4n) is 3.00. The van der Waals surface area contributed by atoms with E-state index in [4.69, 9.17) is 0 Å². The van der Waals surface area contributed by atoms with Gasteiger partial charge >= 0.3 is 0 Å². The van der Waals surface area contributed by atoms with E-state index in [0.717, 1.165) is 18.4 Å². The van der Waals surface area contributed by atoms with Crippen molar-refractivity contribution in [2.45, 2.75) is 46.2 Å². The number of benzene rings is 1. The Balaban J connectivity index is 2.04. The second-order valence-corrected chi connectivity index (χ2v) is 6.60. The van der Waals surface area contributed by atoms with Crippen LogP contribution in [0.3, 0.4) is 0 Å². The maximum absolute atomic E-state index is 3.66. The monoisotopic (exact) mass is 274 g/mol. The van der Waals surface area contributed by atoms with Crippen molar-refractivity contribution in [3.05, 3.63) is 35.4 Å². The highest BCUT2D eigenvalue weighted by atomic mass is 15.2. The molecule has 0 heterocycles. The molecular formula is C18H30N2. The van der Waals surface area contributed by atoms with Crippen molar-refractivity contribution in [2.75, 3.05) is 20.1 Å². The van der Waals surface area contributed by atoms with Crippen LogP contribution in [0.1, 0.15) is 44.4 Å². The minimum Gasteiger partial charge on any atom is -0.309 e. The van der Waals surface area contributed by atoms with E-state index in [1.807, 2.05) is 0 Å². The SMILES string of the molecule is CCNC(c1ccc(C)cc1)C(C)N(C)CC1CC1C. The van der Waals surface area contributed by atoms with Crippen LogP contribution in [-0.2, 0) is 0 Å². The minimum atomic E-state index is 0.416. The van der Waals surface area contributed by atoms with Crippen LogP contribution in [0.25, 0.3) is 0 Å². The molecular weight excluding hydrogens is 244 g/mol. The molecule has 0 radical (unpaired) electrons. The molecule has 4 atom stereocenters. The lowest BCUT2D eigenvalue weighted by Gasteiger charge is -2.33. The fraction of sp³-hybridized carbons (Fsp3) is 0.667. The number of hydrogen-bond donors (Lipinski definition) is 1. The molecule has 0 aromatic heterocycles. The molecule has 1 aromatic carbocycles. The summed E-state index contributed by atoms with van der Waals surface area (Å²) >= 11 is 0. The summed E-state index contributed by atoms with van der Waals surface area (Å²) in [5.41, 5.74) is 2.73. The van der Waals surface area contributed by atoms with Crippen LogP contribution in [0.5, 0.6) is 0 Å². The van der Waals surface area contributed by atoms with Crippen molar-refractivity contribution in [3.8, 4) is 0 Å². The number of hydrogen-bond acceptors (Lipinski definition) is 2. The summed E-state index contributed by atoms with van der Waals surface area (Å²) < 4.78 is 0. The Morgan fingerprint density at radius 2 is 1.90 bits per heavy atom. The molecule has 20 heavy (non-hydrogen) atoms. The fourth-order valence-corrected chi connectivity index (χ4v) is 3.00. The number of rotatable bonds is 7. The van der Waals surface area contributed by atoms with Gasteiger partial charge in [-0.1, -0.05) is 43.7 Å². The third kappa shape index (κ3) is 3.83. The average Bonchev–Trinajstić information content (AvgIpc) is 3.12. The van der Waals surface area contributed by atoms with Crippen molar-refractivity contribution < 1.29 is 0 Å². The van der Waals surface area contributed by atoms with E-state index in [1.165, 1.54) is 24.1 Å². The third-order valence-corrected chi connectivity index (χ3v) is 4.84. The van der Waals surface area contributed by atoms with Gasteiger partial charge in [-0.25, -0.2) is 0 Å². The molecule has 2 heteroatoms. The predicted octanol–water partition coefficient (Wildman–Crippen LogP) is 3.62. The molecule has 1 aromatic rings. The van der Waals surface area contributed by atoms with Gasteiger partial charge in [0.05, 0.1) is 0 Å². The summed E-state index contributed by atoms with van der Waals surface area (Å²) in [7, 11) is 2.27. The lowest BCUT2D eigenvalue weighted by atomic mass is 9.98. The lowest BCUT2D eigenvalue weighted by Crippen LogP contribution is -2.42. The summed E-state index contributed by atoms with van der Waals surface area (Å²) in [5, 5.41) is 3.66. The van der Waals surface area contributed by atoms with Crippen LogP contribution < -0.4 is 5.32 Å². The molecule has 0 aliphatic heterocycles. The van der Waals surface area contributed by atoms with Crippen molar-refractivity contribution in [2.24, 2.45) is 11.8 Å². The topological polar surface area (TPSA) is 15.3 Å². The summed E-state index contributed by atoms with van der Waals surface area (Å²) in [4.78, 5) is 2.53. The zero-order valence-corrected chi connectivity index (χ0v) is 13.7. The second-order valence-electron chi connectivity index (χ2n) is 6.60. The minimum absolute atomic E-state index is 0.416. The van der Waals surface area contributed by atoms with Gasteiger partial charge in [0.25, 0.3) is 0 Å². The van der Waals surface area contributed by atoms with Gasteiger partial charge in [0.15, 0.2) is 0 Å². The molecule has 1 aliphatic carbocycles. The van der Waals surface area contributed by atoms with Gasteiger partial charge < -0.3 is 10.2 Å². The highest BCUT2D eigenvalue weighted by Crippen LogP contribution is 2.38. The Hall–Kier alpha value is -0.860. The number of nitrogens with one attached hydrogen (secondary N) is 1. The molecule has 1 fully saturated rings. The van der Waals surface area contributed by atoms with E-state index in [-0.39, 0.29) is 0 Å². The molecule has 1 N–H and O–H groups in total. The molecule has 0 bridgehead atoms. The quantitative estimate of drug-likeness (QED) is 0.817. The van der Waals surface area contributed by atoms with Gasteiger partial charge in [0.2, 0.25) is 0 Å². The molecule has 2 rings (SSSR count). The van der Waals surface area contributed by atoms with Crippen molar-refractivity contribution in [1.82, 2.24) is 10.2 Å². The average molecular weight is 274 g/mol. The zero-order valence-electron chi connectivity index (χ0n) is 13.7. The lowest BCUT2D eigenvalue weighted by molar-refractivity contribution is 0.198. The standard InChI is InChI=1S/C18H30N2/c1-6-19-18(16-9-7-13(2)8-10-16)15(4)20(5)12-17-11-14(17)3/h7-10,14-15,17-19H,6,11-12H2,1-5H3. The van der Waals surface area contributed by atoms with Gasteiger partial charge in [0.1, 0.15) is 0 Å². The van der Waals surface area contributed by atoms with E-state index < -0.39 is 0 Å². The van der Waals surface area contributed by atoms with Gasteiger partial charge in [0, 0.05) is 18.6 Å². The zero-order chi connectivity index (χ0) is 14.7. The molecule has 0 saturated heterocycles.